The Hall–Kier alpha value is -1.77. The van der Waals surface area contributed by atoms with Crippen molar-refractivity contribution >= 4 is 30.5 Å². The maximum atomic E-state index is 2.40. The van der Waals surface area contributed by atoms with Crippen molar-refractivity contribution in [3.8, 4) is 11.1 Å². The summed E-state index contributed by atoms with van der Waals surface area (Å²) in [5.41, 5.74) is 8.28. The number of hydrogen-bond acceptors (Lipinski definition) is 1. The van der Waals surface area contributed by atoms with Crippen LogP contribution in [0.5, 0.6) is 0 Å². The van der Waals surface area contributed by atoms with Crippen LogP contribution < -0.4 is 4.90 Å². The zero-order valence-electron chi connectivity index (χ0n) is 21.5. The van der Waals surface area contributed by atoms with E-state index in [4.69, 9.17) is 0 Å². The van der Waals surface area contributed by atoms with Crippen LogP contribution in [0.2, 0.25) is 0 Å². The molecule has 35 heavy (non-hydrogen) atoms. The van der Waals surface area contributed by atoms with E-state index in [0.717, 1.165) is 6.54 Å². The second-order valence-electron chi connectivity index (χ2n) is 9.32. The first-order valence-corrected chi connectivity index (χ1v) is 12.7. The van der Waals surface area contributed by atoms with Crippen LogP contribution in [0.4, 0.5) is 5.69 Å². The van der Waals surface area contributed by atoms with E-state index in [1.54, 1.807) is 0 Å². The van der Waals surface area contributed by atoms with Gasteiger partial charge in [-0.15, -0.1) is 24.8 Å². The topological polar surface area (TPSA) is 3.24 Å². The third-order valence-corrected chi connectivity index (χ3v) is 6.61. The van der Waals surface area contributed by atoms with E-state index in [0.29, 0.717) is 11.8 Å². The first kappa shape index (κ1) is 31.3. The standard InChI is InChI=1S/C26H31N.C5H5.2ClH.Ti/c1-19(2)24-16-22(21-12-8-6-9-13-21)17-25(20(3)4)26(24)18-27(5)23-14-10-7-11-15-23;1-2-4-5-3-1;;;/h6-17,19-20H,18H2,1-5H3;1-3H,4H2;2*1H;. The van der Waals surface area contributed by atoms with E-state index in [1.807, 2.05) is 0 Å². The van der Waals surface area contributed by atoms with E-state index in [1.165, 1.54) is 43.8 Å². The molecule has 0 unspecified atom stereocenters. The van der Waals surface area contributed by atoms with Crippen molar-refractivity contribution in [1.29, 1.82) is 0 Å². The summed E-state index contributed by atoms with van der Waals surface area (Å²) in [5.74, 6) is 0.982. The minimum absolute atomic E-state index is 0. The maximum absolute atomic E-state index is 2.40. The van der Waals surface area contributed by atoms with Crippen LogP contribution in [0.25, 0.3) is 11.1 Å². The quantitative estimate of drug-likeness (QED) is 0.280. The fourth-order valence-corrected chi connectivity index (χ4v) is 4.52. The molecule has 0 aromatic heterocycles. The first-order chi connectivity index (χ1) is 15.9. The van der Waals surface area contributed by atoms with Crippen molar-refractivity contribution in [3.63, 3.8) is 0 Å². The average molecular weight is 543 g/mol. The number of rotatable bonds is 6. The summed E-state index contributed by atoms with van der Waals surface area (Å²) in [7, 11) is 2.19. The second kappa shape index (κ2) is 15.4. The Labute approximate surface area is 237 Å². The molecular weight excluding hydrogens is 505 g/mol. The predicted molar refractivity (Wildman–Crippen MR) is 155 cm³/mol. The van der Waals surface area contributed by atoms with Crippen LogP contribution in [0.3, 0.4) is 0 Å². The van der Waals surface area contributed by atoms with Crippen LogP contribution in [-0.4, -0.2) is 7.05 Å². The summed E-state index contributed by atoms with van der Waals surface area (Å²) in [6, 6.07) is 26.2. The van der Waals surface area contributed by atoms with Crippen LogP contribution in [0.15, 0.2) is 94.9 Å². The van der Waals surface area contributed by atoms with E-state index >= 15 is 0 Å². The number of allylic oxidation sites excluding steroid dienone is 4. The number of halogens is 2. The van der Waals surface area contributed by atoms with Crippen molar-refractivity contribution in [1.82, 2.24) is 0 Å². The molecule has 4 rings (SSSR count). The van der Waals surface area contributed by atoms with Crippen molar-refractivity contribution in [2.24, 2.45) is 0 Å². The van der Waals surface area contributed by atoms with Gasteiger partial charge in [-0.25, -0.2) is 0 Å². The molecule has 1 aliphatic carbocycles. The van der Waals surface area contributed by atoms with Gasteiger partial charge in [0.1, 0.15) is 0 Å². The summed E-state index contributed by atoms with van der Waals surface area (Å²) in [4.78, 5) is 2.36. The molecule has 0 amide bonds. The Kier molecular flexibility index (Phi) is 13.7. The predicted octanol–water partition coefficient (Wildman–Crippen LogP) is 9.46. The van der Waals surface area contributed by atoms with Gasteiger partial charge in [0, 0.05) is 19.3 Å². The first-order valence-electron chi connectivity index (χ1n) is 11.9. The summed E-state index contributed by atoms with van der Waals surface area (Å²) >= 11 is 2.14. The molecule has 3 aromatic rings. The molecule has 0 saturated carbocycles. The Morgan fingerprint density at radius 1 is 0.771 bits per heavy atom. The average Bonchev–Trinajstić information content (AvgIpc) is 3.31. The third kappa shape index (κ3) is 9.00. The number of anilines is 1. The zero-order valence-corrected chi connectivity index (χ0v) is 24.7. The fraction of sp³-hybridized carbons (Fsp3) is 0.290. The monoisotopic (exact) mass is 542 g/mol. The number of para-hydroxylation sites is 1. The van der Waals surface area contributed by atoms with E-state index < -0.39 is 0 Å². The molecule has 1 nitrogen and oxygen atoms in total. The van der Waals surface area contributed by atoms with Gasteiger partial charge in [-0.05, 0) is 51.8 Å². The molecule has 0 bridgehead atoms. The second-order valence-corrected chi connectivity index (χ2v) is 10.3. The van der Waals surface area contributed by atoms with Crippen molar-refractivity contribution in [3.05, 3.63) is 112 Å². The zero-order chi connectivity index (χ0) is 23.8. The molecule has 0 N–H and O–H groups in total. The molecule has 0 spiro atoms. The molecule has 0 aliphatic heterocycles. The molecule has 4 heteroatoms. The van der Waals surface area contributed by atoms with Crippen molar-refractivity contribution in [2.75, 3.05) is 11.9 Å². The van der Waals surface area contributed by atoms with Gasteiger partial charge in [0.2, 0.25) is 0 Å². The summed E-state index contributed by atoms with van der Waals surface area (Å²) in [6.45, 7) is 10.2. The molecule has 1 aliphatic rings. The van der Waals surface area contributed by atoms with Crippen LogP contribution in [-0.2, 0) is 27.0 Å². The van der Waals surface area contributed by atoms with E-state index in [-0.39, 0.29) is 24.8 Å². The number of nitrogens with zero attached hydrogens (tertiary/aromatic N) is 1. The summed E-state index contributed by atoms with van der Waals surface area (Å²) < 4.78 is 1.47. The summed E-state index contributed by atoms with van der Waals surface area (Å²) in [5, 5.41) is 0. The Balaban J connectivity index is 0.000000671. The van der Waals surface area contributed by atoms with E-state index in [9.17, 15) is 0 Å². The van der Waals surface area contributed by atoms with Crippen LogP contribution in [0, 0.1) is 0 Å². The van der Waals surface area contributed by atoms with Gasteiger partial charge in [-0.1, -0.05) is 88.4 Å². The third-order valence-electron chi connectivity index (χ3n) is 6.03. The molecule has 3 aromatic carbocycles. The fourth-order valence-electron chi connectivity index (χ4n) is 4.19. The molecule has 0 saturated heterocycles. The van der Waals surface area contributed by atoms with E-state index in [2.05, 4.69) is 151 Å². The van der Waals surface area contributed by atoms with Crippen LogP contribution >= 0.6 is 24.8 Å². The molecule has 0 atom stereocenters. The molecule has 0 radical (unpaired) electrons. The van der Waals surface area contributed by atoms with Crippen molar-refractivity contribution < 1.29 is 20.4 Å². The van der Waals surface area contributed by atoms with Crippen molar-refractivity contribution in [2.45, 2.75) is 52.5 Å². The molecule has 0 fully saturated rings. The molecular formula is C31H38Cl2NTi. The minimum atomic E-state index is 0. The van der Waals surface area contributed by atoms with Gasteiger partial charge in [-0.2, -0.15) is 0 Å². The van der Waals surface area contributed by atoms with Gasteiger partial charge in [0.05, 0.1) is 0 Å². The van der Waals surface area contributed by atoms with Gasteiger partial charge in [0.25, 0.3) is 0 Å². The van der Waals surface area contributed by atoms with Gasteiger partial charge < -0.3 is 4.90 Å². The summed E-state index contributed by atoms with van der Waals surface area (Å²) in [6.07, 6.45) is 7.56. The van der Waals surface area contributed by atoms with Gasteiger partial charge >= 0.3 is 49.0 Å². The normalized spacial score (nSPS) is 11.8. The number of benzene rings is 3. The SMILES string of the molecule is CC(C)c1cc(-c2ccccc2)cc(C(C)C)c1CN(C)c1ccccc1.Cl.Cl.[Ti][C]1=CC=CC1. The number of hydrogen-bond donors (Lipinski definition) is 0. The molecule has 185 valence electrons. The van der Waals surface area contributed by atoms with Gasteiger partial charge in [0.15, 0.2) is 0 Å². The Morgan fingerprint density at radius 2 is 1.29 bits per heavy atom. The van der Waals surface area contributed by atoms with Gasteiger partial charge in [-0.3, -0.25) is 0 Å². The van der Waals surface area contributed by atoms with Crippen LogP contribution in [0.1, 0.15) is 62.6 Å². The Morgan fingerprint density at radius 3 is 1.69 bits per heavy atom. The Bertz CT molecular complexity index is 1060. The molecule has 0 heterocycles.